The number of likely N-dealkylation sites (N-methyl/N-ethyl adjacent to an activating group) is 1. The molecule has 0 aliphatic heterocycles. The van der Waals surface area contributed by atoms with Crippen molar-refractivity contribution in [2.24, 2.45) is 5.84 Å². The van der Waals surface area contributed by atoms with Gasteiger partial charge in [-0.05, 0) is 12.1 Å². The van der Waals surface area contributed by atoms with Gasteiger partial charge in [-0.1, -0.05) is 0 Å². The first-order chi connectivity index (χ1) is 6.20. The van der Waals surface area contributed by atoms with Crippen molar-refractivity contribution < 1.29 is 9.53 Å². The number of hydrazine groups is 1. The zero-order valence-corrected chi connectivity index (χ0v) is 7.49. The fraction of sp³-hybridized carbons (Fsp3) is 0.375. The number of aromatic amines is 1. The zero-order chi connectivity index (χ0) is 9.68. The highest BCUT2D eigenvalue weighted by Crippen LogP contribution is 1.96. The lowest BCUT2D eigenvalue weighted by Crippen LogP contribution is -2.35. The molecule has 0 atom stereocenters. The molecule has 0 spiro atoms. The van der Waals surface area contributed by atoms with Crippen molar-refractivity contribution in [3.63, 3.8) is 0 Å². The van der Waals surface area contributed by atoms with Gasteiger partial charge in [-0.2, -0.15) is 0 Å². The third-order valence-corrected chi connectivity index (χ3v) is 1.54. The molecule has 5 heteroatoms. The minimum absolute atomic E-state index is 0.00597. The summed E-state index contributed by atoms with van der Waals surface area (Å²) in [6, 6.07) is 3.76. The molecule has 72 valence electrons. The van der Waals surface area contributed by atoms with Gasteiger partial charge in [0.05, 0.1) is 6.61 Å². The predicted molar refractivity (Wildman–Crippen MR) is 47.4 cm³/mol. The third kappa shape index (κ3) is 3.27. The quantitative estimate of drug-likeness (QED) is 0.388. The summed E-state index contributed by atoms with van der Waals surface area (Å²) < 4.78 is 5.10. The number of carbonyl (C=O) groups is 1. The van der Waals surface area contributed by atoms with Gasteiger partial charge in [0, 0.05) is 18.9 Å². The second-order valence-corrected chi connectivity index (χ2v) is 2.69. The third-order valence-electron chi connectivity index (χ3n) is 1.54. The van der Waals surface area contributed by atoms with Gasteiger partial charge in [-0.25, -0.2) is 5.84 Å². The lowest BCUT2D eigenvalue weighted by molar-refractivity contribution is -0.135. The van der Waals surface area contributed by atoms with E-state index < -0.39 is 0 Å². The molecule has 13 heavy (non-hydrogen) atoms. The van der Waals surface area contributed by atoms with Crippen LogP contribution in [0, 0.1) is 0 Å². The number of nitrogens with one attached hydrogen (secondary N) is 1. The van der Waals surface area contributed by atoms with Crippen LogP contribution in [0.1, 0.15) is 5.69 Å². The molecule has 0 fully saturated rings. The number of nitrogens with zero attached hydrogens (tertiary/aromatic N) is 1. The van der Waals surface area contributed by atoms with Crippen LogP contribution in [-0.4, -0.2) is 29.6 Å². The van der Waals surface area contributed by atoms with Crippen molar-refractivity contribution in [1.82, 2.24) is 9.99 Å². The summed E-state index contributed by atoms with van der Waals surface area (Å²) in [6.07, 6.45) is 1.80. The number of aromatic nitrogens is 1. The first-order valence-electron chi connectivity index (χ1n) is 3.91. The molecule has 3 N–H and O–H groups in total. The van der Waals surface area contributed by atoms with E-state index in [0.717, 1.165) is 10.7 Å². The molecule has 0 aliphatic rings. The van der Waals surface area contributed by atoms with E-state index in [1.165, 1.54) is 7.05 Å². The molecule has 1 aromatic heterocycles. The minimum atomic E-state index is -0.244. The van der Waals surface area contributed by atoms with Crippen molar-refractivity contribution in [2.45, 2.75) is 6.61 Å². The summed E-state index contributed by atoms with van der Waals surface area (Å²) in [6.45, 7) is 0.401. The molecule has 1 aromatic rings. The second kappa shape index (κ2) is 4.64. The Bertz CT molecular complexity index is 256. The average Bonchev–Trinajstić information content (AvgIpc) is 2.56. The molecular weight excluding hydrogens is 170 g/mol. The maximum Gasteiger partial charge on any atom is 0.262 e. The number of H-pyrrole nitrogens is 1. The molecule has 0 radical (unpaired) electrons. The van der Waals surface area contributed by atoms with E-state index in [1.54, 1.807) is 6.20 Å². The first kappa shape index (κ1) is 9.76. The Morgan fingerprint density at radius 3 is 3.08 bits per heavy atom. The number of ether oxygens (including phenoxy) is 1. The van der Waals surface area contributed by atoms with Crippen LogP contribution in [0.4, 0.5) is 0 Å². The van der Waals surface area contributed by atoms with Gasteiger partial charge in [0.15, 0.2) is 0 Å². The number of rotatable bonds is 4. The molecule has 0 aliphatic carbocycles. The molecule has 0 saturated carbocycles. The number of hydrogen-bond acceptors (Lipinski definition) is 3. The lowest BCUT2D eigenvalue weighted by Gasteiger charge is -2.09. The van der Waals surface area contributed by atoms with Crippen LogP contribution < -0.4 is 5.84 Å². The van der Waals surface area contributed by atoms with Gasteiger partial charge in [0.1, 0.15) is 6.61 Å². The van der Waals surface area contributed by atoms with Gasteiger partial charge < -0.3 is 9.72 Å². The van der Waals surface area contributed by atoms with E-state index in [1.807, 2.05) is 12.1 Å². The SMILES string of the molecule is CN(N)C(=O)COCc1ccc[nH]1. The van der Waals surface area contributed by atoms with E-state index in [9.17, 15) is 4.79 Å². The Labute approximate surface area is 76.4 Å². The van der Waals surface area contributed by atoms with Crippen molar-refractivity contribution in [3.05, 3.63) is 24.0 Å². The number of hydrogen-bond donors (Lipinski definition) is 2. The van der Waals surface area contributed by atoms with Crippen LogP contribution >= 0.6 is 0 Å². The van der Waals surface area contributed by atoms with E-state index in [0.29, 0.717) is 6.61 Å². The van der Waals surface area contributed by atoms with Crippen molar-refractivity contribution in [3.8, 4) is 0 Å². The second-order valence-electron chi connectivity index (χ2n) is 2.69. The highest BCUT2D eigenvalue weighted by Gasteiger charge is 2.03. The Morgan fingerprint density at radius 1 is 1.77 bits per heavy atom. The summed E-state index contributed by atoms with van der Waals surface area (Å²) in [7, 11) is 1.49. The fourth-order valence-electron chi connectivity index (χ4n) is 0.807. The zero-order valence-electron chi connectivity index (χ0n) is 7.49. The molecule has 5 nitrogen and oxygen atoms in total. The number of carbonyl (C=O) groups excluding carboxylic acids is 1. The molecule has 0 bridgehead atoms. The summed E-state index contributed by atoms with van der Waals surface area (Å²) in [4.78, 5) is 13.9. The van der Waals surface area contributed by atoms with Crippen molar-refractivity contribution in [2.75, 3.05) is 13.7 Å². The van der Waals surface area contributed by atoms with Crippen LogP contribution in [0.3, 0.4) is 0 Å². The summed E-state index contributed by atoms with van der Waals surface area (Å²) in [5, 5.41) is 1.01. The normalized spacial score (nSPS) is 10.0. The van der Waals surface area contributed by atoms with Gasteiger partial charge in [-0.3, -0.25) is 9.80 Å². The highest BCUT2D eigenvalue weighted by atomic mass is 16.5. The topological polar surface area (TPSA) is 71.3 Å². The van der Waals surface area contributed by atoms with E-state index in [-0.39, 0.29) is 12.5 Å². The summed E-state index contributed by atoms with van der Waals surface area (Å²) >= 11 is 0. The molecule has 0 unspecified atom stereocenters. The van der Waals surface area contributed by atoms with Crippen molar-refractivity contribution >= 4 is 5.91 Å². The van der Waals surface area contributed by atoms with Crippen LogP contribution in [0.25, 0.3) is 0 Å². The predicted octanol–water partition coefficient (Wildman–Crippen LogP) is -0.137. The fourth-order valence-corrected chi connectivity index (χ4v) is 0.807. The molecular formula is C8H13N3O2. The molecule has 1 rings (SSSR count). The monoisotopic (exact) mass is 183 g/mol. The van der Waals surface area contributed by atoms with Gasteiger partial charge >= 0.3 is 0 Å². The van der Waals surface area contributed by atoms with Crippen LogP contribution in [0.2, 0.25) is 0 Å². The van der Waals surface area contributed by atoms with Gasteiger partial charge in [-0.15, -0.1) is 0 Å². The number of nitrogens with two attached hydrogens (primary N) is 1. The standard InChI is InChI=1S/C8H13N3O2/c1-11(9)8(12)6-13-5-7-3-2-4-10-7/h2-4,10H,5-6,9H2,1H3. The van der Waals surface area contributed by atoms with E-state index >= 15 is 0 Å². The first-order valence-corrected chi connectivity index (χ1v) is 3.91. The lowest BCUT2D eigenvalue weighted by atomic mass is 10.5. The Hall–Kier alpha value is -1.33. The highest BCUT2D eigenvalue weighted by molar-refractivity contribution is 5.76. The Morgan fingerprint density at radius 2 is 2.54 bits per heavy atom. The molecule has 1 heterocycles. The van der Waals surface area contributed by atoms with Crippen LogP contribution in [-0.2, 0) is 16.1 Å². The summed E-state index contributed by atoms with van der Waals surface area (Å²) in [5.41, 5.74) is 0.937. The van der Waals surface area contributed by atoms with E-state index in [2.05, 4.69) is 4.98 Å². The van der Waals surface area contributed by atoms with Gasteiger partial charge in [0.25, 0.3) is 5.91 Å². The largest absolute Gasteiger partial charge is 0.365 e. The number of amides is 1. The Balaban J connectivity index is 2.18. The van der Waals surface area contributed by atoms with Gasteiger partial charge in [0.2, 0.25) is 0 Å². The average molecular weight is 183 g/mol. The Kier molecular flexibility index (Phi) is 3.48. The molecule has 0 aromatic carbocycles. The molecule has 1 amide bonds. The maximum absolute atomic E-state index is 10.9. The smallest absolute Gasteiger partial charge is 0.262 e. The van der Waals surface area contributed by atoms with Crippen LogP contribution in [0.15, 0.2) is 18.3 Å². The molecule has 0 saturated heterocycles. The summed E-state index contributed by atoms with van der Waals surface area (Å²) in [5.74, 6) is 4.95. The minimum Gasteiger partial charge on any atom is -0.365 e. The van der Waals surface area contributed by atoms with Crippen molar-refractivity contribution in [1.29, 1.82) is 0 Å². The van der Waals surface area contributed by atoms with E-state index in [4.69, 9.17) is 10.6 Å². The maximum atomic E-state index is 10.9. The van der Waals surface area contributed by atoms with Crippen LogP contribution in [0.5, 0.6) is 0 Å².